The summed E-state index contributed by atoms with van der Waals surface area (Å²) >= 11 is 0. The summed E-state index contributed by atoms with van der Waals surface area (Å²) in [5.41, 5.74) is 0.680. The van der Waals surface area contributed by atoms with E-state index in [1.165, 1.54) is 6.26 Å². The molecule has 2 unspecified atom stereocenters. The number of sulfone groups is 1. The molecule has 0 amide bonds. The van der Waals surface area contributed by atoms with Gasteiger partial charge >= 0.3 is 0 Å². The Morgan fingerprint density at radius 2 is 2.11 bits per heavy atom. The second kappa shape index (κ2) is 5.28. The lowest BCUT2D eigenvalue weighted by Gasteiger charge is -2.17. The predicted molar refractivity (Wildman–Crippen MR) is 71.6 cm³/mol. The van der Waals surface area contributed by atoms with Gasteiger partial charge in [0.25, 0.3) is 0 Å². The highest BCUT2D eigenvalue weighted by Crippen LogP contribution is 2.24. The molecule has 1 aliphatic heterocycles. The molecule has 0 bridgehead atoms. The lowest BCUT2D eigenvalue weighted by molar-refractivity contribution is 0.108. The van der Waals surface area contributed by atoms with Gasteiger partial charge in [-0.15, -0.1) is 0 Å². The molecule has 2 rings (SSSR count). The highest BCUT2D eigenvalue weighted by molar-refractivity contribution is 7.90. The van der Waals surface area contributed by atoms with E-state index in [1.807, 2.05) is 6.07 Å². The van der Waals surface area contributed by atoms with Crippen LogP contribution in [0.15, 0.2) is 29.2 Å². The zero-order valence-corrected chi connectivity index (χ0v) is 11.5. The van der Waals surface area contributed by atoms with Crippen LogP contribution < -0.4 is 5.32 Å². The fraction of sp³-hybridized carbons (Fsp3) is 0.538. The molecule has 1 N–H and O–H groups in total. The van der Waals surface area contributed by atoms with Crippen LogP contribution in [0.2, 0.25) is 0 Å². The number of benzene rings is 1. The van der Waals surface area contributed by atoms with Gasteiger partial charge in [-0.2, -0.15) is 0 Å². The van der Waals surface area contributed by atoms with Gasteiger partial charge in [-0.25, -0.2) is 8.42 Å². The van der Waals surface area contributed by atoms with Gasteiger partial charge in [0, 0.05) is 25.3 Å². The highest BCUT2D eigenvalue weighted by atomic mass is 32.2. The topological polar surface area (TPSA) is 55.4 Å². The maximum atomic E-state index is 11.6. The molecule has 100 valence electrons. The van der Waals surface area contributed by atoms with Crippen molar-refractivity contribution in [3.8, 4) is 0 Å². The molecule has 5 heteroatoms. The smallest absolute Gasteiger partial charge is 0.177 e. The van der Waals surface area contributed by atoms with Gasteiger partial charge in [-0.05, 0) is 25.5 Å². The zero-order valence-electron chi connectivity index (χ0n) is 10.7. The summed E-state index contributed by atoms with van der Waals surface area (Å²) in [7, 11) is -3.19. The molecule has 0 aliphatic carbocycles. The fourth-order valence-electron chi connectivity index (χ4n) is 2.22. The molecule has 1 aromatic carbocycles. The van der Waals surface area contributed by atoms with Crippen molar-refractivity contribution in [1.29, 1.82) is 0 Å². The maximum Gasteiger partial charge on any atom is 0.177 e. The van der Waals surface area contributed by atoms with Crippen molar-refractivity contribution in [2.24, 2.45) is 5.92 Å². The van der Waals surface area contributed by atoms with Crippen molar-refractivity contribution in [3.05, 3.63) is 24.3 Å². The lowest BCUT2D eigenvalue weighted by Crippen LogP contribution is -2.21. The van der Waals surface area contributed by atoms with Crippen LogP contribution >= 0.6 is 0 Å². The van der Waals surface area contributed by atoms with E-state index >= 15 is 0 Å². The van der Waals surface area contributed by atoms with E-state index in [0.29, 0.717) is 16.5 Å². The number of hydrogen-bond donors (Lipinski definition) is 1. The van der Waals surface area contributed by atoms with E-state index in [1.54, 1.807) is 18.2 Å². The third kappa shape index (κ3) is 3.03. The molecule has 0 aromatic heterocycles. The molecular formula is C13H19NO3S. The van der Waals surface area contributed by atoms with Crippen molar-refractivity contribution < 1.29 is 13.2 Å². The summed E-state index contributed by atoms with van der Waals surface area (Å²) in [5, 5.41) is 3.23. The summed E-state index contributed by atoms with van der Waals surface area (Å²) in [6, 6.07) is 7.01. The normalized spacial score (nSPS) is 24.1. The molecule has 0 saturated carbocycles. The molecule has 4 nitrogen and oxygen atoms in total. The van der Waals surface area contributed by atoms with Crippen molar-refractivity contribution in [2.75, 3.05) is 24.7 Å². The van der Waals surface area contributed by atoms with Crippen molar-refractivity contribution in [2.45, 2.75) is 24.3 Å². The van der Waals surface area contributed by atoms with Crippen LogP contribution in [0.4, 0.5) is 5.69 Å². The van der Waals surface area contributed by atoms with Gasteiger partial charge < -0.3 is 10.1 Å². The Labute approximate surface area is 108 Å². The zero-order chi connectivity index (χ0) is 13.2. The Bertz CT molecular complexity index is 513. The van der Waals surface area contributed by atoms with E-state index in [4.69, 9.17) is 4.74 Å². The Morgan fingerprint density at radius 1 is 1.39 bits per heavy atom. The minimum atomic E-state index is -3.19. The first-order valence-corrected chi connectivity index (χ1v) is 8.02. The molecule has 0 radical (unpaired) electrons. The summed E-state index contributed by atoms with van der Waals surface area (Å²) in [6.45, 7) is 3.59. The fourth-order valence-corrected chi connectivity index (χ4v) is 3.09. The average Bonchev–Trinajstić information content (AvgIpc) is 2.71. The number of rotatable bonds is 4. The Hall–Kier alpha value is -1.07. The number of nitrogens with one attached hydrogen (secondary N) is 1. The third-order valence-electron chi connectivity index (χ3n) is 3.37. The molecule has 0 spiro atoms. The summed E-state index contributed by atoms with van der Waals surface area (Å²) in [5.74, 6) is 0.442. The summed E-state index contributed by atoms with van der Waals surface area (Å²) in [4.78, 5) is 0.358. The SMILES string of the molecule is CC1OCCC1CNc1ccccc1S(C)(=O)=O. The van der Waals surface area contributed by atoms with Gasteiger partial charge in [0.2, 0.25) is 0 Å². The number of ether oxygens (including phenoxy) is 1. The first-order valence-electron chi connectivity index (χ1n) is 6.13. The highest BCUT2D eigenvalue weighted by Gasteiger charge is 2.24. The monoisotopic (exact) mass is 269 g/mol. The largest absolute Gasteiger partial charge is 0.384 e. The number of para-hydroxylation sites is 1. The van der Waals surface area contributed by atoms with Crippen LogP contribution in [0, 0.1) is 5.92 Å². The van der Waals surface area contributed by atoms with Crippen LogP contribution in [0.1, 0.15) is 13.3 Å². The Balaban J connectivity index is 2.10. The Kier molecular flexibility index (Phi) is 3.92. The van der Waals surface area contributed by atoms with Gasteiger partial charge in [-0.3, -0.25) is 0 Å². The summed E-state index contributed by atoms with van der Waals surface area (Å²) < 4.78 is 28.8. The average molecular weight is 269 g/mol. The van der Waals surface area contributed by atoms with Gasteiger partial charge in [0.15, 0.2) is 9.84 Å². The van der Waals surface area contributed by atoms with E-state index in [9.17, 15) is 8.42 Å². The molecule has 1 aromatic rings. The van der Waals surface area contributed by atoms with E-state index in [2.05, 4.69) is 12.2 Å². The minimum absolute atomic E-state index is 0.239. The molecule has 1 heterocycles. The molecule has 1 aliphatic rings. The van der Waals surface area contributed by atoms with Crippen LogP contribution in [-0.4, -0.2) is 33.9 Å². The standard InChI is InChI=1S/C13H19NO3S/c1-10-11(7-8-17-10)9-14-12-5-3-4-6-13(12)18(2,15)16/h3-6,10-11,14H,7-9H2,1-2H3. The maximum absolute atomic E-state index is 11.6. The van der Waals surface area contributed by atoms with Gasteiger partial charge in [0.1, 0.15) is 0 Å². The molecule has 2 atom stereocenters. The van der Waals surface area contributed by atoms with Crippen LogP contribution in [-0.2, 0) is 14.6 Å². The molecule has 18 heavy (non-hydrogen) atoms. The second-order valence-electron chi connectivity index (χ2n) is 4.77. The van der Waals surface area contributed by atoms with Crippen LogP contribution in [0.25, 0.3) is 0 Å². The predicted octanol–water partition coefficient (Wildman–Crippen LogP) is 1.93. The minimum Gasteiger partial charge on any atom is -0.384 e. The van der Waals surface area contributed by atoms with Crippen molar-refractivity contribution >= 4 is 15.5 Å². The van der Waals surface area contributed by atoms with Gasteiger partial charge in [0.05, 0.1) is 16.7 Å². The second-order valence-corrected chi connectivity index (χ2v) is 6.76. The van der Waals surface area contributed by atoms with E-state index in [0.717, 1.165) is 19.6 Å². The van der Waals surface area contributed by atoms with Gasteiger partial charge in [-0.1, -0.05) is 12.1 Å². The Morgan fingerprint density at radius 3 is 2.72 bits per heavy atom. The molecular weight excluding hydrogens is 250 g/mol. The molecule has 1 fully saturated rings. The quantitative estimate of drug-likeness (QED) is 0.907. The van der Waals surface area contributed by atoms with Crippen molar-refractivity contribution in [1.82, 2.24) is 0 Å². The van der Waals surface area contributed by atoms with E-state index < -0.39 is 9.84 Å². The summed E-state index contributed by atoms with van der Waals surface area (Å²) in [6.07, 6.45) is 2.49. The first kappa shape index (κ1) is 13.4. The first-order chi connectivity index (χ1) is 8.48. The third-order valence-corrected chi connectivity index (χ3v) is 4.53. The van der Waals surface area contributed by atoms with Crippen LogP contribution in [0.5, 0.6) is 0 Å². The number of hydrogen-bond acceptors (Lipinski definition) is 4. The number of anilines is 1. The van der Waals surface area contributed by atoms with E-state index in [-0.39, 0.29) is 6.10 Å². The van der Waals surface area contributed by atoms with Crippen molar-refractivity contribution in [3.63, 3.8) is 0 Å². The molecule has 1 saturated heterocycles. The lowest BCUT2D eigenvalue weighted by atomic mass is 10.0. The van der Waals surface area contributed by atoms with Crippen LogP contribution in [0.3, 0.4) is 0 Å².